The summed E-state index contributed by atoms with van der Waals surface area (Å²) in [4.78, 5) is 26.7. The average Bonchev–Trinajstić information content (AvgIpc) is 3.26. The fourth-order valence-electron chi connectivity index (χ4n) is 8.29. The van der Waals surface area contributed by atoms with Crippen LogP contribution in [0.4, 0.5) is 10.5 Å². The molecule has 59 heavy (non-hydrogen) atoms. The van der Waals surface area contributed by atoms with Crippen molar-refractivity contribution in [3.05, 3.63) is 161 Å². The minimum absolute atomic E-state index is 0.103. The number of carbonyl (C=O) groups excluding carboxylic acids is 2. The first-order chi connectivity index (χ1) is 28.8. The number of hydrogen-bond donors (Lipinski definition) is 2. The van der Waals surface area contributed by atoms with Crippen LogP contribution in [0.25, 0.3) is 0 Å². The Morgan fingerprint density at radius 3 is 1.97 bits per heavy atom. The SMILES string of the molecule is CCC[C@](N)(CCCCCN(CCc1ccc(NC(C)=O)cc1)C(=O)OCc1ccccc1)C1CCc2c(ccc(OCc3ccccc3)c2OCc2ccccc2)C1. The zero-order valence-corrected chi connectivity index (χ0v) is 34.9. The van der Waals surface area contributed by atoms with Crippen LogP contribution in [0.3, 0.4) is 0 Å². The molecule has 0 radical (unpaired) electrons. The lowest BCUT2D eigenvalue weighted by molar-refractivity contribution is -0.114. The molecule has 0 aliphatic heterocycles. The first-order valence-electron chi connectivity index (χ1n) is 21.4. The van der Waals surface area contributed by atoms with E-state index in [0.29, 0.717) is 38.6 Å². The molecule has 310 valence electrons. The van der Waals surface area contributed by atoms with Gasteiger partial charge in [0, 0.05) is 36.8 Å². The lowest BCUT2D eigenvalue weighted by Crippen LogP contribution is -2.49. The predicted octanol–water partition coefficient (Wildman–Crippen LogP) is 10.8. The van der Waals surface area contributed by atoms with Crippen LogP contribution >= 0.6 is 0 Å². The molecule has 0 fully saturated rings. The van der Waals surface area contributed by atoms with E-state index >= 15 is 0 Å². The van der Waals surface area contributed by atoms with Crippen molar-refractivity contribution in [2.75, 3.05) is 18.4 Å². The maximum Gasteiger partial charge on any atom is 0.410 e. The maximum absolute atomic E-state index is 13.4. The number of hydrogen-bond acceptors (Lipinski definition) is 6. The molecule has 8 nitrogen and oxygen atoms in total. The second-order valence-electron chi connectivity index (χ2n) is 16.0. The zero-order chi connectivity index (χ0) is 41.3. The van der Waals surface area contributed by atoms with Crippen molar-refractivity contribution in [2.24, 2.45) is 11.7 Å². The summed E-state index contributed by atoms with van der Waals surface area (Å²) in [6.07, 6.45) is 8.97. The van der Waals surface area contributed by atoms with E-state index in [4.69, 9.17) is 19.9 Å². The number of nitrogens with one attached hydrogen (secondary N) is 1. The summed E-state index contributed by atoms with van der Waals surface area (Å²) in [5.74, 6) is 1.89. The van der Waals surface area contributed by atoms with Gasteiger partial charge in [-0.15, -0.1) is 0 Å². The van der Waals surface area contributed by atoms with E-state index in [2.05, 4.69) is 48.6 Å². The van der Waals surface area contributed by atoms with Gasteiger partial charge in [-0.3, -0.25) is 4.79 Å². The number of fused-ring (bicyclic) bond motifs is 1. The van der Waals surface area contributed by atoms with E-state index < -0.39 is 0 Å². The van der Waals surface area contributed by atoms with Crippen molar-refractivity contribution in [3.8, 4) is 11.5 Å². The summed E-state index contributed by atoms with van der Waals surface area (Å²) < 4.78 is 18.8. The molecule has 5 aromatic rings. The van der Waals surface area contributed by atoms with Crippen LogP contribution in [0.1, 0.15) is 92.2 Å². The van der Waals surface area contributed by atoms with Crippen LogP contribution < -0.4 is 20.5 Å². The van der Waals surface area contributed by atoms with Gasteiger partial charge >= 0.3 is 6.09 Å². The van der Waals surface area contributed by atoms with Gasteiger partial charge < -0.3 is 30.2 Å². The van der Waals surface area contributed by atoms with Gasteiger partial charge in [-0.1, -0.05) is 135 Å². The molecule has 1 aliphatic carbocycles. The van der Waals surface area contributed by atoms with E-state index in [9.17, 15) is 9.59 Å². The Morgan fingerprint density at radius 1 is 0.712 bits per heavy atom. The Bertz CT molecular complexity index is 2040. The summed E-state index contributed by atoms with van der Waals surface area (Å²) in [6.45, 7) is 6.08. The highest BCUT2D eigenvalue weighted by Gasteiger charge is 2.37. The van der Waals surface area contributed by atoms with Crippen molar-refractivity contribution in [1.82, 2.24) is 4.90 Å². The van der Waals surface area contributed by atoms with E-state index in [-0.39, 0.29) is 24.1 Å². The zero-order valence-electron chi connectivity index (χ0n) is 34.9. The molecular weight excluding hydrogens is 735 g/mol. The minimum Gasteiger partial charge on any atom is -0.485 e. The summed E-state index contributed by atoms with van der Waals surface area (Å²) in [7, 11) is 0. The number of benzene rings is 5. The molecule has 8 heteroatoms. The Morgan fingerprint density at radius 2 is 1.34 bits per heavy atom. The summed E-state index contributed by atoms with van der Waals surface area (Å²) in [5, 5.41) is 2.81. The highest BCUT2D eigenvalue weighted by atomic mass is 16.6. The fraction of sp³-hybridized carbons (Fsp3) is 0.373. The number of carbonyl (C=O) groups is 2. The molecular formula is C51H61N3O5. The molecule has 3 N–H and O–H groups in total. The van der Waals surface area contributed by atoms with Gasteiger partial charge in [0.2, 0.25) is 5.91 Å². The van der Waals surface area contributed by atoms with Crippen molar-refractivity contribution in [3.63, 3.8) is 0 Å². The first-order valence-corrected chi connectivity index (χ1v) is 21.4. The largest absolute Gasteiger partial charge is 0.485 e. The van der Waals surface area contributed by atoms with E-state index in [1.54, 1.807) is 0 Å². The third kappa shape index (κ3) is 12.9. The molecule has 2 atom stereocenters. The van der Waals surface area contributed by atoms with Gasteiger partial charge in [-0.25, -0.2) is 4.79 Å². The minimum atomic E-state index is -0.301. The third-order valence-corrected chi connectivity index (χ3v) is 11.5. The van der Waals surface area contributed by atoms with Gasteiger partial charge in [0.1, 0.15) is 19.8 Å². The summed E-state index contributed by atoms with van der Waals surface area (Å²) in [5.41, 5.74) is 14.7. The molecule has 0 saturated heterocycles. The highest BCUT2D eigenvalue weighted by Crippen LogP contribution is 2.43. The van der Waals surface area contributed by atoms with Crippen LogP contribution in [0.5, 0.6) is 11.5 Å². The normalized spacial score (nSPS) is 14.4. The van der Waals surface area contributed by atoms with Crippen molar-refractivity contribution in [2.45, 2.75) is 103 Å². The van der Waals surface area contributed by atoms with Crippen LogP contribution in [-0.2, 0) is 48.6 Å². The number of amides is 2. The average molecular weight is 796 g/mol. The van der Waals surface area contributed by atoms with Crippen molar-refractivity contribution in [1.29, 1.82) is 0 Å². The number of nitrogens with two attached hydrogens (primary N) is 1. The smallest absolute Gasteiger partial charge is 0.410 e. The first kappa shape index (κ1) is 43.0. The number of rotatable bonds is 21. The molecule has 0 bridgehead atoms. The fourth-order valence-corrected chi connectivity index (χ4v) is 8.29. The molecule has 0 saturated carbocycles. The van der Waals surface area contributed by atoms with Gasteiger partial charge in [-0.05, 0) is 96.9 Å². The topological polar surface area (TPSA) is 103 Å². The third-order valence-electron chi connectivity index (χ3n) is 11.5. The molecule has 0 spiro atoms. The Kier molecular flexibility index (Phi) is 16.0. The second-order valence-corrected chi connectivity index (χ2v) is 16.0. The predicted molar refractivity (Wildman–Crippen MR) is 236 cm³/mol. The standard InChI is InChI=1S/C51H61N3O5/c1-3-31-51(52,32-14-7-15-33-54(50(56)59-38-43-20-12-6-13-21-43)34-30-40-22-26-46(27-23-40)53-39(2)55)45-25-28-47-44(35-45)24-29-48(57-36-41-16-8-4-9-17-41)49(47)58-37-42-18-10-5-11-19-42/h4-6,8-13,16-24,26-27,29,45H,3,7,14-15,25,28,30-38,52H2,1-2H3,(H,53,55)/t45?,51-/m0/s1. The van der Waals surface area contributed by atoms with Gasteiger partial charge in [0.15, 0.2) is 11.5 Å². The monoisotopic (exact) mass is 795 g/mol. The van der Waals surface area contributed by atoms with Gasteiger partial charge in [0.25, 0.3) is 0 Å². The number of ether oxygens (including phenoxy) is 3. The van der Waals surface area contributed by atoms with E-state index in [1.165, 1.54) is 18.1 Å². The van der Waals surface area contributed by atoms with Crippen LogP contribution in [0.2, 0.25) is 0 Å². The van der Waals surface area contributed by atoms with Crippen LogP contribution in [0, 0.1) is 5.92 Å². The molecule has 1 unspecified atom stereocenters. The quantitative estimate of drug-likeness (QED) is 0.0717. The van der Waals surface area contributed by atoms with E-state index in [0.717, 1.165) is 97.2 Å². The molecule has 6 rings (SSSR count). The Hall–Kier alpha value is -5.60. The van der Waals surface area contributed by atoms with Crippen molar-refractivity contribution < 1.29 is 23.8 Å². The lowest BCUT2D eigenvalue weighted by Gasteiger charge is -2.41. The maximum atomic E-state index is 13.4. The Labute approximate surface area is 351 Å². The second kappa shape index (κ2) is 22.0. The van der Waals surface area contributed by atoms with Gasteiger partial charge in [0.05, 0.1) is 0 Å². The number of anilines is 1. The number of nitrogens with zero attached hydrogens (tertiary/aromatic N) is 1. The highest BCUT2D eigenvalue weighted by molar-refractivity contribution is 5.88. The lowest BCUT2D eigenvalue weighted by atomic mass is 9.69. The van der Waals surface area contributed by atoms with Gasteiger partial charge in [-0.2, -0.15) is 0 Å². The summed E-state index contributed by atoms with van der Waals surface area (Å²) in [6, 6.07) is 42.4. The summed E-state index contributed by atoms with van der Waals surface area (Å²) >= 11 is 0. The molecule has 5 aromatic carbocycles. The van der Waals surface area contributed by atoms with E-state index in [1.807, 2.05) is 95.9 Å². The Balaban J connectivity index is 1.07. The van der Waals surface area contributed by atoms with Crippen LogP contribution in [-0.4, -0.2) is 35.5 Å². The molecule has 1 aliphatic rings. The van der Waals surface area contributed by atoms with Crippen LogP contribution in [0.15, 0.2) is 127 Å². The molecule has 0 aromatic heterocycles. The molecule has 2 amide bonds. The molecule has 0 heterocycles. The number of unbranched alkanes of at least 4 members (excludes halogenated alkanes) is 2. The van der Waals surface area contributed by atoms with Crippen molar-refractivity contribution >= 4 is 17.7 Å².